The van der Waals surface area contributed by atoms with Crippen molar-refractivity contribution in [2.75, 3.05) is 13.2 Å². The molecule has 0 radical (unpaired) electrons. The van der Waals surface area contributed by atoms with E-state index in [9.17, 15) is 19.2 Å². The van der Waals surface area contributed by atoms with E-state index in [0.717, 1.165) is 16.0 Å². The van der Waals surface area contributed by atoms with Crippen LogP contribution in [0.25, 0.3) is 0 Å². The fourth-order valence-corrected chi connectivity index (χ4v) is 3.25. The molecular formula is C17H19N3O6. The number of carbonyl (C=O) groups excluding carboxylic acids is 3. The summed E-state index contributed by atoms with van der Waals surface area (Å²) in [5.74, 6) is -2.36. The first-order valence-corrected chi connectivity index (χ1v) is 8.24. The SMILES string of the molecule is O=C(CCN1C(=O)[C@@H]2Cc3ccccc3CN2C1=O)N[C@@H](CO)C(=O)O. The number of fused-ring (bicyclic) bond motifs is 2. The summed E-state index contributed by atoms with van der Waals surface area (Å²) in [5, 5.41) is 19.9. The molecule has 3 rings (SSSR count). The second-order valence-corrected chi connectivity index (χ2v) is 6.28. The van der Waals surface area contributed by atoms with Crippen molar-refractivity contribution in [3.05, 3.63) is 35.4 Å². The number of carboxylic acids is 1. The van der Waals surface area contributed by atoms with Crippen molar-refractivity contribution < 1.29 is 29.4 Å². The number of rotatable bonds is 6. The average molecular weight is 361 g/mol. The lowest BCUT2D eigenvalue weighted by Crippen LogP contribution is -2.44. The molecule has 0 bridgehead atoms. The second-order valence-electron chi connectivity index (χ2n) is 6.28. The number of carboxylic acid groups (broad SMARTS) is 1. The third kappa shape index (κ3) is 3.25. The monoisotopic (exact) mass is 361 g/mol. The Morgan fingerprint density at radius 2 is 1.92 bits per heavy atom. The fourth-order valence-electron chi connectivity index (χ4n) is 3.25. The Morgan fingerprint density at radius 3 is 2.58 bits per heavy atom. The molecule has 138 valence electrons. The molecule has 0 saturated carbocycles. The molecule has 0 aromatic heterocycles. The molecule has 2 aliphatic rings. The summed E-state index contributed by atoms with van der Waals surface area (Å²) < 4.78 is 0. The summed E-state index contributed by atoms with van der Waals surface area (Å²) in [6.45, 7) is -0.527. The molecule has 9 nitrogen and oxygen atoms in total. The summed E-state index contributed by atoms with van der Waals surface area (Å²) in [5.41, 5.74) is 2.03. The molecule has 1 fully saturated rings. The standard InChI is InChI=1S/C17H19N3O6/c21-9-12(16(24)25)18-14(22)5-6-19-15(23)13-7-10-3-1-2-4-11(10)8-20(13)17(19)26/h1-4,12-13,21H,5-9H2,(H,18,22)(H,24,25)/t12-,13-/m0/s1. The highest BCUT2D eigenvalue weighted by molar-refractivity contribution is 6.05. The van der Waals surface area contributed by atoms with Crippen LogP contribution in [0.2, 0.25) is 0 Å². The third-order valence-corrected chi connectivity index (χ3v) is 4.65. The zero-order valence-electron chi connectivity index (χ0n) is 13.9. The van der Waals surface area contributed by atoms with Gasteiger partial charge in [-0.15, -0.1) is 0 Å². The minimum atomic E-state index is -1.41. The Labute approximate surface area is 149 Å². The van der Waals surface area contributed by atoms with Crippen LogP contribution in [0.3, 0.4) is 0 Å². The van der Waals surface area contributed by atoms with Crippen LogP contribution in [-0.4, -0.2) is 69.1 Å². The molecule has 1 aromatic rings. The van der Waals surface area contributed by atoms with E-state index < -0.39 is 36.6 Å². The van der Waals surface area contributed by atoms with Gasteiger partial charge < -0.3 is 20.4 Å². The van der Waals surface area contributed by atoms with Gasteiger partial charge in [0.05, 0.1) is 6.61 Å². The van der Waals surface area contributed by atoms with Crippen molar-refractivity contribution in [1.29, 1.82) is 0 Å². The normalized spacial score (nSPS) is 19.8. The van der Waals surface area contributed by atoms with Crippen LogP contribution in [0.4, 0.5) is 4.79 Å². The lowest BCUT2D eigenvalue weighted by atomic mass is 9.95. The molecule has 1 saturated heterocycles. The largest absolute Gasteiger partial charge is 0.480 e. The van der Waals surface area contributed by atoms with Crippen LogP contribution < -0.4 is 5.32 Å². The molecule has 0 unspecified atom stereocenters. The first kappa shape index (κ1) is 17.9. The van der Waals surface area contributed by atoms with E-state index in [2.05, 4.69) is 5.32 Å². The highest BCUT2D eigenvalue weighted by Gasteiger charge is 2.46. The number of hydrogen-bond donors (Lipinski definition) is 3. The summed E-state index contributed by atoms with van der Waals surface area (Å²) in [6.07, 6.45) is 0.212. The lowest BCUT2D eigenvalue weighted by Gasteiger charge is -2.28. The van der Waals surface area contributed by atoms with E-state index in [1.54, 1.807) is 0 Å². The summed E-state index contributed by atoms with van der Waals surface area (Å²) in [4.78, 5) is 50.3. The van der Waals surface area contributed by atoms with Crippen molar-refractivity contribution in [1.82, 2.24) is 15.1 Å². The van der Waals surface area contributed by atoms with E-state index in [-0.39, 0.29) is 18.9 Å². The molecule has 0 spiro atoms. The zero-order chi connectivity index (χ0) is 18.8. The van der Waals surface area contributed by atoms with E-state index in [1.165, 1.54) is 4.90 Å². The predicted octanol–water partition coefficient (Wildman–Crippen LogP) is -0.673. The smallest absolute Gasteiger partial charge is 0.328 e. The molecule has 2 heterocycles. The summed E-state index contributed by atoms with van der Waals surface area (Å²) >= 11 is 0. The Morgan fingerprint density at radius 1 is 1.23 bits per heavy atom. The van der Waals surface area contributed by atoms with Crippen molar-refractivity contribution in [3.8, 4) is 0 Å². The van der Waals surface area contributed by atoms with E-state index in [4.69, 9.17) is 10.2 Å². The van der Waals surface area contributed by atoms with E-state index in [1.807, 2.05) is 24.3 Å². The Bertz CT molecular complexity index is 722. The second kappa shape index (κ2) is 7.12. The summed E-state index contributed by atoms with van der Waals surface area (Å²) in [7, 11) is 0. The van der Waals surface area contributed by atoms with Gasteiger partial charge in [-0.3, -0.25) is 14.5 Å². The molecule has 0 aliphatic carbocycles. The number of aliphatic carboxylic acids is 1. The van der Waals surface area contributed by atoms with Crippen LogP contribution in [0.5, 0.6) is 0 Å². The van der Waals surface area contributed by atoms with Crippen molar-refractivity contribution >= 4 is 23.8 Å². The molecule has 4 amide bonds. The highest BCUT2D eigenvalue weighted by Crippen LogP contribution is 2.29. The number of urea groups is 1. The van der Waals surface area contributed by atoms with Crippen LogP contribution in [0.15, 0.2) is 24.3 Å². The number of nitrogens with one attached hydrogen (secondary N) is 1. The summed E-state index contributed by atoms with van der Waals surface area (Å²) in [6, 6.07) is 5.20. The van der Waals surface area contributed by atoms with Gasteiger partial charge >= 0.3 is 12.0 Å². The maximum Gasteiger partial charge on any atom is 0.328 e. The number of hydrogen-bond acceptors (Lipinski definition) is 5. The maximum absolute atomic E-state index is 12.6. The minimum Gasteiger partial charge on any atom is -0.480 e. The van der Waals surface area contributed by atoms with Gasteiger partial charge in [0.25, 0.3) is 5.91 Å². The quantitative estimate of drug-likeness (QED) is 0.577. The lowest BCUT2D eigenvalue weighted by molar-refractivity contribution is -0.143. The van der Waals surface area contributed by atoms with Gasteiger partial charge in [0.15, 0.2) is 0 Å². The molecule has 2 aliphatic heterocycles. The van der Waals surface area contributed by atoms with Crippen LogP contribution >= 0.6 is 0 Å². The van der Waals surface area contributed by atoms with Gasteiger partial charge in [0, 0.05) is 25.9 Å². The van der Waals surface area contributed by atoms with Gasteiger partial charge in [-0.25, -0.2) is 9.59 Å². The maximum atomic E-state index is 12.6. The van der Waals surface area contributed by atoms with Crippen molar-refractivity contribution in [2.45, 2.75) is 31.5 Å². The highest BCUT2D eigenvalue weighted by atomic mass is 16.4. The van der Waals surface area contributed by atoms with Crippen LogP contribution in [0, 0.1) is 0 Å². The van der Waals surface area contributed by atoms with Gasteiger partial charge in [-0.05, 0) is 11.1 Å². The Kier molecular flexibility index (Phi) is 4.90. The average Bonchev–Trinajstić information content (AvgIpc) is 2.86. The Hall–Kier alpha value is -2.94. The van der Waals surface area contributed by atoms with E-state index in [0.29, 0.717) is 13.0 Å². The van der Waals surface area contributed by atoms with Crippen molar-refractivity contribution in [3.63, 3.8) is 0 Å². The number of nitrogens with zero attached hydrogens (tertiary/aromatic N) is 2. The first-order chi connectivity index (χ1) is 12.4. The number of imide groups is 1. The third-order valence-electron chi connectivity index (χ3n) is 4.65. The van der Waals surface area contributed by atoms with Crippen molar-refractivity contribution in [2.24, 2.45) is 0 Å². The number of aliphatic hydroxyl groups excluding tert-OH is 1. The zero-order valence-corrected chi connectivity index (χ0v) is 13.9. The molecular weight excluding hydrogens is 342 g/mol. The number of amides is 4. The van der Waals surface area contributed by atoms with Gasteiger partial charge in [0.2, 0.25) is 5.91 Å². The fraction of sp³-hybridized carbons (Fsp3) is 0.412. The topological polar surface area (TPSA) is 127 Å². The predicted molar refractivity (Wildman–Crippen MR) is 87.9 cm³/mol. The van der Waals surface area contributed by atoms with Gasteiger partial charge in [-0.2, -0.15) is 0 Å². The molecule has 3 N–H and O–H groups in total. The first-order valence-electron chi connectivity index (χ1n) is 8.24. The number of aliphatic hydroxyl groups is 1. The molecule has 26 heavy (non-hydrogen) atoms. The van der Waals surface area contributed by atoms with Gasteiger partial charge in [0.1, 0.15) is 12.1 Å². The molecule has 1 aromatic carbocycles. The minimum absolute atomic E-state index is 0.134. The molecule has 2 atom stereocenters. The van der Waals surface area contributed by atoms with E-state index >= 15 is 0 Å². The van der Waals surface area contributed by atoms with Crippen LogP contribution in [0.1, 0.15) is 17.5 Å². The van der Waals surface area contributed by atoms with Crippen LogP contribution in [-0.2, 0) is 27.3 Å². The number of benzene rings is 1. The Balaban J connectivity index is 1.62. The van der Waals surface area contributed by atoms with Gasteiger partial charge in [-0.1, -0.05) is 24.3 Å². The molecule has 9 heteroatoms. The number of carbonyl (C=O) groups is 4.